The van der Waals surface area contributed by atoms with E-state index in [9.17, 15) is 4.79 Å². The molecule has 0 atom stereocenters. The summed E-state index contributed by atoms with van der Waals surface area (Å²) in [7, 11) is 1.58. The predicted octanol–water partition coefficient (Wildman–Crippen LogP) is 4.42. The maximum absolute atomic E-state index is 13.0. The van der Waals surface area contributed by atoms with Gasteiger partial charge in [0.05, 0.1) is 13.7 Å². The minimum atomic E-state index is -0.101. The standard InChI is InChI=1S/C22H22ClN3O2/c1-3-11-26(22(27)18-7-5-9-20(14-18)28-2)16-21-24-10-12-25(21)15-17-6-4-8-19(23)13-17/h3-10,12-14H,1,11,15-16H2,2H3. The number of benzene rings is 2. The molecule has 1 heterocycles. The first-order valence-electron chi connectivity index (χ1n) is 8.89. The van der Waals surface area contributed by atoms with Crippen molar-refractivity contribution in [2.45, 2.75) is 13.1 Å². The molecule has 0 aliphatic heterocycles. The highest BCUT2D eigenvalue weighted by Gasteiger charge is 2.18. The van der Waals surface area contributed by atoms with E-state index in [4.69, 9.17) is 16.3 Å². The topological polar surface area (TPSA) is 47.4 Å². The molecular weight excluding hydrogens is 374 g/mol. The van der Waals surface area contributed by atoms with Crippen molar-refractivity contribution in [3.8, 4) is 5.75 Å². The maximum Gasteiger partial charge on any atom is 0.254 e. The van der Waals surface area contributed by atoms with Crippen molar-refractivity contribution in [1.82, 2.24) is 14.5 Å². The Bertz CT molecular complexity index is 968. The van der Waals surface area contributed by atoms with Crippen molar-refractivity contribution in [2.24, 2.45) is 0 Å². The van der Waals surface area contributed by atoms with Crippen LogP contribution in [0.25, 0.3) is 0 Å². The zero-order valence-corrected chi connectivity index (χ0v) is 16.5. The number of ether oxygens (including phenoxy) is 1. The molecule has 3 rings (SSSR count). The van der Waals surface area contributed by atoms with Crippen LogP contribution in [0.2, 0.25) is 5.02 Å². The largest absolute Gasteiger partial charge is 0.497 e. The molecule has 0 saturated carbocycles. The predicted molar refractivity (Wildman–Crippen MR) is 111 cm³/mol. The first-order chi connectivity index (χ1) is 13.6. The zero-order valence-electron chi connectivity index (χ0n) is 15.7. The third-order valence-electron chi connectivity index (χ3n) is 4.33. The van der Waals surface area contributed by atoms with E-state index in [1.165, 1.54) is 0 Å². The molecular formula is C22H22ClN3O2. The highest BCUT2D eigenvalue weighted by Crippen LogP contribution is 2.17. The van der Waals surface area contributed by atoms with Crippen molar-refractivity contribution in [3.63, 3.8) is 0 Å². The molecule has 6 heteroatoms. The van der Waals surface area contributed by atoms with Crippen LogP contribution in [0.1, 0.15) is 21.7 Å². The van der Waals surface area contributed by atoms with Gasteiger partial charge in [0.1, 0.15) is 11.6 Å². The molecule has 0 bridgehead atoms. The number of aromatic nitrogens is 2. The lowest BCUT2D eigenvalue weighted by Gasteiger charge is -2.22. The van der Waals surface area contributed by atoms with Gasteiger partial charge in [-0.15, -0.1) is 6.58 Å². The molecule has 3 aromatic rings. The van der Waals surface area contributed by atoms with Gasteiger partial charge in [-0.25, -0.2) is 4.98 Å². The van der Waals surface area contributed by atoms with E-state index in [1.807, 2.05) is 41.1 Å². The normalized spacial score (nSPS) is 10.5. The summed E-state index contributed by atoms with van der Waals surface area (Å²) in [5.74, 6) is 1.33. The summed E-state index contributed by atoms with van der Waals surface area (Å²) in [5, 5.41) is 0.695. The van der Waals surface area contributed by atoms with Crippen molar-refractivity contribution >= 4 is 17.5 Å². The summed E-state index contributed by atoms with van der Waals surface area (Å²) in [6.45, 7) is 5.20. The number of carbonyl (C=O) groups excluding carboxylic acids is 1. The van der Waals surface area contributed by atoms with Crippen molar-refractivity contribution < 1.29 is 9.53 Å². The Labute approximate surface area is 169 Å². The lowest BCUT2D eigenvalue weighted by molar-refractivity contribution is 0.0757. The highest BCUT2D eigenvalue weighted by molar-refractivity contribution is 6.30. The van der Waals surface area contributed by atoms with Crippen molar-refractivity contribution in [2.75, 3.05) is 13.7 Å². The molecule has 144 valence electrons. The third-order valence-corrected chi connectivity index (χ3v) is 4.56. The van der Waals surface area contributed by atoms with Gasteiger partial charge in [0, 0.05) is 36.1 Å². The van der Waals surface area contributed by atoms with Crippen LogP contribution in [-0.4, -0.2) is 34.0 Å². The lowest BCUT2D eigenvalue weighted by atomic mass is 10.2. The summed E-state index contributed by atoms with van der Waals surface area (Å²) in [6.07, 6.45) is 5.35. The van der Waals surface area contributed by atoms with Crippen LogP contribution in [0.15, 0.2) is 73.6 Å². The number of carbonyl (C=O) groups is 1. The van der Waals surface area contributed by atoms with E-state index >= 15 is 0 Å². The average Bonchev–Trinajstić information content (AvgIpc) is 3.13. The highest BCUT2D eigenvalue weighted by atomic mass is 35.5. The van der Waals surface area contributed by atoms with E-state index in [1.54, 1.807) is 42.5 Å². The first-order valence-corrected chi connectivity index (χ1v) is 9.27. The van der Waals surface area contributed by atoms with Crippen LogP contribution in [0.4, 0.5) is 0 Å². The number of imidazole rings is 1. The molecule has 0 spiro atoms. The van der Waals surface area contributed by atoms with Crippen molar-refractivity contribution in [1.29, 1.82) is 0 Å². The fourth-order valence-corrected chi connectivity index (χ4v) is 3.17. The van der Waals surface area contributed by atoms with Gasteiger partial charge in [0.15, 0.2) is 0 Å². The Morgan fingerprint density at radius 3 is 2.86 bits per heavy atom. The van der Waals surface area contributed by atoms with Crippen LogP contribution in [0.3, 0.4) is 0 Å². The summed E-state index contributed by atoms with van der Waals surface area (Å²) in [6, 6.07) is 14.8. The van der Waals surface area contributed by atoms with Crippen LogP contribution >= 0.6 is 11.6 Å². The lowest BCUT2D eigenvalue weighted by Crippen LogP contribution is -2.32. The van der Waals surface area contributed by atoms with Gasteiger partial charge in [-0.1, -0.05) is 35.9 Å². The second-order valence-electron chi connectivity index (χ2n) is 6.31. The number of rotatable bonds is 8. The Morgan fingerprint density at radius 1 is 1.29 bits per heavy atom. The molecule has 0 aliphatic rings. The first kappa shape index (κ1) is 19.7. The smallest absolute Gasteiger partial charge is 0.254 e. The third kappa shape index (κ3) is 4.81. The SMILES string of the molecule is C=CCN(Cc1nccn1Cc1cccc(Cl)c1)C(=O)c1cccc(OC)c1. The second kappa shape index (κ2) is 9.24. The van der Waals surface area contributed by atoms with Gasteiger partial charge in [-0.05, 0) is 35.9 Å². The van der Waals surface area contributed by atoms with Crippen LogP contribution in [-0.2, 0) is 13.1 Å². The molecule has 1 amide bonds. The van der Waals surface area contributed by atoms with Crippen LogP contribution in [0.5, 0.6) is 5.75 Å². The molecule has 0 aliphatic carbocycles. The average molecular weight is 396 g/mol. The van der Waals surface area contributed by atoms with Gasteiger partial charge >= 0.3 is 0 Å². The van der Waals surface area contributed by atoms with Crippen LogP contribution in [0, 0.1) is 0 Å². The Hall–Kier alpha value is -3.05. The summed E-state index contributed by atoms with van der Waals surface area (Å²) in [4.78, 5) is 19.2. The second-order valence-corrected chi connectivity index (χ2v) is 6.74. The van der Waals surface area contributed by atoms with Gasteiger partial charge in [-0.3, -0.25) is 4.79 Å². The Morgan fingerprint density at radius 2 is 2.11 bits per heavy atom. The molecule has 0 fully saturated rings. The molecule has 0 N–H and O–H groups in total. The number of hydrogen-bond acceptors (Lipinski definition) is 3. The van der Waals surface area contributed by atoms with E-state index in [-0.39, 0.29) is 5.91 Å². The minimum absolute atomic E-state index is 0.101. The monoisotopic (exact) mass is 395 g/mol. The van der Waals surface area contributed by atoms with E-state index in [0.717, 1.165) is 11.4 Å². The molecule has 0 saturated heterocycles. The fraction of sp³-hybridized carbons (Fsp3) is 0.182. The summed E-state index contributed by atoms with van der Waals surface area (Å²) < 4.78 is 7.24. The molecule has 2 aromatic carbocycles. The van der Waals surface area contributed by atoms with E-state index in [0.29, 0.717) is 36.0 Å². The van der Waals surface area contributed by atoms with Gasteiger partial charge in [0.25, 0.3) is 5.91 Å². The van der Waals surface area contributed by atoms with E-state index in [2.05, 4.69) is 11.6 Å². The molecule has 28 heavy (non-hydrogen) atoms. The summed E-state index contributed by atoms with van der Waals surface area (Å²) >= 11 is 6.09. The molecule has 0 radical (unpaired) electrons. The number of halogens is 1. The Kier molecular flexibility index (Phi) is 6.50. The van der Waals surface area contributed by atoms with E-state index < -0.39 is 0 Å². The number of hydrogen-bond donors (Lipinski definition) is 0. The van der Waals surface area contributed by atoms with Crippen LogP contribution < -0.4 is 4.74 Å². The molecule has 0 unspecified atom stereocenters. The quantitative estimate of drug-likeness (QED) is 0.530. The molecule has 1 aromatic heterocycles. The minimum Gasteiger partial charge on any atom is -0.497 e. The van der Waals surface area contributed by atoms with Gasteiger partial charge in [-0.2, -0.15) is 0 Å². The number of amides is 1. The number of nitrogens with zero attached hydrogens (tertiary/aromatic N) is 3. The maximum atomic E-state index is 13.0. The number of methoxy groups -OCH3 is 1. The van der Waals surface area contributed by atoms with Gasteiger partial charge in [0.2, 0.25) is 0 Å². The fourth-order valence-electron chi connectivity index (χ4n) is 2.95. The van der Waals surface area contributed by atoms with Gasteiger partial charge < -0.3 is 14.2 Å². The molecule has 5 nitrogen and oxygen atoms in total. The van der Waals surface area contributed by atoms with Crippen molar-refractivity contribution in [3.05, 3.63) is 95.6 Å². The Balaban J connectivity index is 1.80. The zero-order chi connectivity index (χ0) is 19.9. The summed E-state index contributed by atoms with van der Waals surface area (Å²) in [5.41, 5.74) is 1.63.